The Balaban J connectivity index is 3.29. The smallest absolute Gasteiger partial charge is 0.305 e. The fourth-order valence-electron chi connectivity index (χ4n) is 3.03. The van der Waals surface area contributed by atoms with Gasteiger partial charge in [-0.05, 0) is 25.1 Å². The average molecular weight is 263 g/mol. The SMILES string of the molecule is CCCC(CC(=O)O)(c1ccccc1)N(CC)CC. The summed E-state index contributed by atoms with van der Waals surface area (Å²) < 4.78 is 0. The van der Waals surface area contributed by atoms with E-state index in [1.165, 1.54) is 0 Å². The predicted molar refractivity (Wildman–Crippen MR) is 78.2 cm³/mol. The van der Waals surface area contributed by atoms with Crippen molar-refractivity contribution in [3.63, 3.8) is 0 Å². The highest BCUT2D eigenvalue weighted by atomic mass is 16.4. The first-order chi connectivity index (χ1) is 9.10. The van der Waals surface area contributed by atoms with Crippen LogP contribution in [0.2, 0.25) is 0 Å². The van der Waals surface area contributed by atoms with Gasteiger partial charge in [-0.3, -0.25) is 9.69 Å². The first-order valence-electron chi connectivity index (χ1n) is 7.13. The standard InChI is InChI=1S/C16H25NO2/c1-4-12-16(13-15(18)19,17(5-2)6-3)14-10-8-7-9-11-14/h7-11H,4-6,12-13H2,1-3H3,(H,18,19). The molecule has 1 N–H and O–H groups in total. The quantitative estimate of drug-likeness (QED) is 0.780. The van der Waals surface area contributed by atoms with E-state index in [0.29, 0.717) is 0 Å². The minimum atomic E-state index is -0.732. The van der Waals surface area contributed by atoms with Gasteiger partial charge >= 0.3 is 5.97 Å². The van der Waals surface area contributed by atoms with Crippen molar-refractivity contribution < 1.29 is 9.90 Å². The summed E-state index contributed by atoms with van der Waals surface area (Å²) in [6.07, 6.45) is 2.00. The Hall–Kier alpha value is -1.35. The molecule has 106 valence electrons. The maximum atomic E-state index is 11.4. The van der Waals surface area contributed by atoms with Crippen molar-refractivity contribution in [2.45, 2.75) is 45.6 Å². The highest BCUT2D eigenvalue weighted by Gasteiger charge is 2.38. The fraction of sp³-hybridized carbons (Fsp3) is 0.562. The molecule has 0 saturated carbocycles. The van der Waals surface area contributed by atoms with Gasteiger partial charge in [-0.2, -0.15) is 0 Å². The molecule has 19 heavy (non-hydrogen) atoms. The zero-order valence-electron chi connectivity index (χ0n) is 12.2. The third-order valence-corrected chi connectivity index (χ3v) is 3.79. The molecular formula is C16H25NO2. The van der Waals surface area contributed by atoms with Gasteiger partial charge in [-0.25, -0.2) is 0 Å². The van der Waals surface area contributed by atoms with Crippen molar-refractivity contribution in [1.82, 2.24) is 4.90 Å². The van der Waals surface area contributed by atoms with Crippen molar-refractivity contribution in [2.24, 2.45) is 0 Å². The molecule has 1 aromatic carbocycles. The zero-order chi connectivity index (χ0) is 14.3. The second-order valence-corrected chi connectivity index (χ2v) is 4.89. The van der Waals surface area contributed by atoms with Crippen LogP contribution in [0.1, 0.15) is 45.6 Å². The summed E-state index contributed by atoms with van der Waals surface area (Å²) in [5.74, 6) is -0.732. The molecular weight excluding hydrogens is 238 g/mol. The van der Waals surface area contributed by atoms with Crippen molar-refractivity contribution >= 4 is 5.97 Å². The summed E-state index contributed by atoms with van der Waals surface area (Å²) in [5.41, 5.74) is 0.730. The van der Waals surface area contributed by atoms with Crippen LogP contribution >= 0.6 is 0 Å². The van der Waals surface area contributed by atoms with Crippen LogP contribution in [0, 0.1) is 0 Å². The highest BCUT2D eigenvalue weighted by molar-refractivity contribution is 5.69. The normalized spacial score (nSPS) is 14.3. The summed E-state index contributed by atoms with van der Waals surface area (Å²) in [6, 6.07) is 10.1. The largest absolute Gasteiger partial charge is 0.481 e. The number of carboxylic acids is 1. The van der Waals surface area contributed by atoms with Gasteiger partial charge in [0.25, 0.3) is 0 Å². The Morgan fingerprint density at radius 2 is 1.74 bits per heavy atom. The average Bonchev–Trinajstić information content (AvgIpc) is 2.40. The van der Waals surface area contributed by atoms with Gasteiger partial charge in [0, 0.05) is 0 Å². The summed E-state index contributed by atoms with van der Waals surface area (Å²) in [5, 5.41) is 9.35. The Bertz CT molecular complexity index is 387. The maximum absolute atomic E-state index is 11.4. The first-order valence-corrected chi connectivity index (χ1v) is 7.13. The number of carbonyl (C=O) groups is 1. The Labute approximate surface area is 116 Å². The minimum absolute atomic E-state index is 0.159. The lowest BCUT2D eigenvalue weighted by Crippen LogP contribution is -2.47. The van der Waals surface area contributed by atoms with E-state index >= 15 is 0 Å². The van der Waals surface area contributed by atoms with E-state index in [9.17, 15) is 9.90 Å². The lowest BCUT2D eigenvalue weighted by molar-refractivity contribution is -0.141. The molecule has 0 saturated heterocycles. The Kier molecular flexibility index (Phi) is 6.03. The van der Waals surface area contributed by atoms with Gasteiger partial charge in [-0.1, -0.05) is 57.5 Å². The summed E-state index contributed by atoms with van der Waals surface area (Å²) in [6.45, 7) is 8.03. The minimum Gasteiger partial charge on any atom is -0.481 e. The highest BCUT2D eigenvalue weighted by Crippen LogP contribution is 2.36. The van der Waals surface area contributed by atoms with E-state index in [4.69, 9.17) is 0 Å². The van der Waals surface area contributed by atoms with Gasteiger partial charge in [0.05, 0.1) is 12.0 Å². The van der Waals surface area contributed by atoms with E-state index in [2.05, 4.69) is 37.8 Å². The van der Waals surface area contributed by atoms with Crippen molar-refractivity contribution in [3.8, 4) is 0 Å². The van der Waals surface area contributed by atoms with Crippen LogP contribution in [0.15, 0.2) is 30.3 Å². The molecule has 0 spiro atoms. The third kappa shape index (κ3) is 3.57. The fourth-order valence-corrected chi connectivity index (χ4v) is 3.03. The second kappa shape index (κ2) is 7.29. The van der Waals surface area contributed by atoms with Crippen LogP contribution in [0.4, 0.5) is 0 Å². The Morgan fingerprint density at radius 1 is 1.16 bits per heavy atom. The molecule has 3 nitrogen and oxygen atoms in total. The molecule has 0 aliphatic carbocycles. The molecule has 0 fully saturated rings. The number of hydrogen-bond donors (Lipinski definition) is 1. The summed E-state index contributed by atoms with van der Waals surface area (Å²) in [7, 11) is 0. The van der Waals surface area contributed by atoms with Crippen LogP contribution in [0.3, 0.4) is 0 Å². The molecule has 0 heterocycles. The molecule has 3 heteroatoms. The molecule has 1 unspecified atom stereocenters. The van der Waals surface area contributed by atoms with Crippen LogP contribution < -0.4 is 0 Å². The topological polar surface area (TPSA) is 40.5 Å². The number of nitrogens with zero attached hydrogens (tertiary/aromatic N) is 1. The Morgan fingerprint density at radius 3 is 2.16 bits per heavy atom. The van der Waals surface area contributed by atoms with Crippen LogP contribution in [-0.4, -0.2) is 29.1 Å². The molecule has 1 atom stereocenters. The van der Waals surface area contributed by atoms with E-state index in [1.54, 1.807) is 0 Å². The van der Waals surface area contributed by atoms with Gasteiger partial charge in [0.2, 0.25) is 0 Å². The maximum Gasteiger partial charge on any atom is 0.305 e. The molecule has 0 aliphatic heterocycles. The monoisotopic (exact) mass is 263 g/mol. The van der Waals surface area contributed by atoms with E-state index in [0.717, 1.165) is 31.5 Å². The second-order valence-electron chi connectivity index (χ2n) is 4.89. The zero-order valence-corrected chi connectivity index (χ0v) is 12.2. The van der Waals surface area contributed by atoms with Crippen molar-refractivity contribution in [2.75, 3.05) is 13.1 Å². The van der Waals surface area contributed by atoms with Crippen LogP contribution in [0.5, 0.6) is 0 Å². The van der Waals surface area contributed by atoms with Crippen molar-refractivity contribution in [1.29, 1.82) is 0 Å². The molecule has 0 radical (unpaired) electrons. The van der Waals surface area contributed by atoms with E-state index in [1.807, 2.05) is 18.2 Å². The lowest BCUT2D eigenvalue weighted by atomic mass is 9.80. The summed E-state index contributed by atoms with van der Waals surface area (Å²) >= 11 is 0. The van der Waals surface area contributed by atoms with Gasteiger partial charge in [0.1, 0.15) is 0 Å². The molecule has 1 rings (SSSR count). The number of benzene rings is 1. The predicted octanol–water partition coefficient (Wildman–Crippen LogP) is 3.50. The van der Waals surface area contributed by atoms with E-state index < -0.39 is 5.97 Å². The number of aliphatic carboxylic acids is 1. The lowest BCUT2D eigenvalue weighted by Gasteiger charge is -2.43. The van der Waals surface area contributed by atoms with E-state index in [-0.39, 0.29) is 12.0 Å². The molecule has 0 aliphatic rings. The van der Waals surface area contributed by atoms with Gasteiger partial charge in [0.15, 0.2) is 0 Å². The molecule has 1 aromatic rings. The first kappa shape index (κ1) is 15.7. The summed E-state index contributed by atoms with van der Waals surface area (Å²) in [4.78, 5) is 13.7. The number of carboxylic acid groups (broad SMARTS) is 1. The molecule has 0 aromatic heterocycles. The number of hydrogen-bond acceptors (Lipinski definition) is 2. The van der Waals surface area contributed by atoms with Crippen molar-refractivity contribution in [3.05, 3.63) is 35.9 Å². The van der Waals surface area contributed by atoms with Gasteiger partial charge < -0.3 is 5.11 Å². The van der Waals surface area contributed by atoms with Crippen LogP contribution in [0.25, 0.3) is 0 Å². The third-order valence-electron chi connectivity index (χ3n) is 3.79. The van der Waals surface area contributed by atoms with Crippen LogP contribution in [-0.2, 0) is 10.3 Å². The molecule has 0 amide bonds. The van der Waals surface area contributed by atoms with Gasteiger partial charge in [-0.15, -0.1) is 0 Å². The number of rotatable bonds is 8. The molecule has 0 bridgehead atoms.